The molecule has 1 N–H and O–H groups in total. The number of aliphatic hydroxyl groups excluding tert-OH is 1. The summed E-state index contributed by atoms with van der Waals surface area (Å²) in [5.74, 6) is 3.26. The second kappa shape index (κ2) is 6.83. The maximum Gasteiger partial charge on any atom is 0.0662 e. The van der Waals surface area contributed by atoms with E-state index in [4.69, 9.17) is 4.74 Å². The molecular formula is C28H46O2. The minimum absolute atomic E-state index is 0.0958. The normalized spacial score (nSPS) is 52.8. The van der Waals surface area contributed by atoms with Gasteiger partial charge < -0.3 is 9.84 Å². The van der Waals surface area contributed by atoms with Gasteiger partial charge in [-0.2, -0.15) is 0 Å². The standard InChI is InChI=1S/C28H46O2/c1-25(2,3)13-14-26(4)17-23-24(30-26)16-22-20-8-7-18-15-19(29)9-11-27(18,5)21(20)10-12-28(22,23)6/h7,19-24,29H,8-17H2,1-6H3. The summed E-state index contributed by atoms with van der Waals surface area (Å²) >= 11 is 0. The van der Waals surface area contributed by atoms with Crippen molar-refractivity contribution in [3.05, 3.63) is 11.6 Å². The summed E-state index contributed by atoms with van der Waals surface area (Å²) in [5.41, 5.74) is 2.91. The molecule has 30 heavy (non-hydrogen) atoms. The lowest BCUT2D eigenvalue weighted by Crippen LogP contribution is -2.50. The van der Waals surface area contributed by atoms with Crippen molar-refractivity contribution in [3.8, 4) is 0 Å². The Bertz CT molecular complexity index is 719. The number of hydrogen-bond acceptors (Lipinski definition) is 2. The number of ether oxygens (including phenoxy) is 1. The molecule has 5 rings (SSSR count). The molecule has 3 saturated carbocycles. The lowest BCUT2D eigenvalue weighted by atomic mass is 9.47. The van der Waals surface area contributed by atoms with Gasteiger partial charge in [0.25, 0.3) is 0 Å². The summed E-state index contributed by atoms with van der Waals surface area (Å²) in [5, 5.41) is 10.2. The van der Waals surface area contributed by atoms with Gasteiger partial charge in [-0.15, -0.1) is 0 Å². The monoisotopic (exact) mass is 414 g/mol. The van der Waals surface area contributed by atoms with E-state index in [1.165, 1.54) is 51.4 Å². The number of rotatable bonds is 2. The molecule has 0 spiro atoms. The Morgan fingerprint density at radius 1 is 1.07 bits per heavy atom. The molecule has 1 heterocycles. The van der Waals surface area contributed by atoms with Crippen molar-refractivity contribution < 1.29 is 9.84 Å². The van der Waals surface area contributed by atoms with Gasteiger partial charge in [-0.3, -0.25) is 0 Å². The molecule has 0 amide bonds. The topological polar surface area (TPSA) is 29.5 Å². The first kappa shape index (κ1) is 21.5. The second-order valence-electron chi connectivity index (χ2n) is 13.9. The number of aliphatic hydroxyl groups is 1. The van der Waals surface area contributed by atoms with E-state index in [-0.39, 0.29) is 11.7 Å². The van der Waals surface area contributed by atoms with Crippen LogP contribution in [0.5, 0.6) is 0 Å². The molecular weight excluding hydrogens is 368 g/mol. The molecule has 0 bridgehead atoms. The van der Waals surface area contributed by atoms with Crippen LogP contribution in [0.3, 0.4) is 0 Å². The van der Waals surface area contributed by atoms with Crippen molar-refractivity contribution >= 4 is 0 Å². The second-order valence-corrected chi connectivity index (χ2v) is 13.9. The van der Waals surface area contributed by atoms with E-state index in [1.807, 2.05) is 0 Å². The molecule has 2 nitrogen and oxygen atoms in total. The molecule has 1 aliphatic heterocycles. The van der Waals surface area contributed by atoms with Gasteiger partial charge in [0.15, 0.2) is 0 Å². The SMILES string of the molecule is CC(C)(C)CCC1(C)CC2C(CC3C4CC=C5CC(O)CCC5(C)C4CCC23C)O1. The molecule has 0 radical (unpaired) electrons. The van der Waals surface area contributed by atoms with E-state index in [9.17, 15) is 5.11 Å². The molecule has 1 saturated heterocycles. The van der Waals surface area contributed by atoms with Crippen LogP contribution < -0.4 is 0 Å². The van der Waals surface area contributed by atoms with Gasteiger partial charge in [0, 0.05) is 0 Å². The van der Waals surface area contributed by atoms with Crippen molar-refractivity contribution in [2.24, 2.45) is 39.9 Å². The minimum Gasteiger partial charge on any atom is -0.393 e. The van der Waals surface area contributed by atoms with Gasteiger partial charge in [-0.25, -0.2) is 0 Å². The Morgan fingerprint density at radius 2 is 1.83 bits per heavy atom. The summed E-state index contributed by atoms with van der Waals surface area (Å²) in [7, 11) is 0. The molecule has 9 unspecified atom stereocenters. The van der Waals surface area contributed by atoms with Gasteiger partial charge in [0.05, 0.1) is 17.8 Å². The molecule has 0 aromatic rings. The van der Waals surface area contributed by atoms with Crippen molar-refractivity contribution in [2.75, 3.05) is 0 Å². The zero-order valence-corrected chi connectivity index (χ0v) is 20.5. The Morgan fingerprint density at radius 3 is 2.57 bits per heavy atom. The average Bonchev–Trinajstić information content (AvgIpc) is 3.12. The van der Waals surface area contributed by atoms with Crippen LogP contribution in [0, 0.1) is 39.9 Å². The highest BCUT2D eigenvalue weighted by atomic mass is 16.5. The lowest BCUT2D eigenvalue weighted by Gasteiger charge is -2.58. The molecule has 170 valence electrons. The predicted molar refractivity (Wildman–Crippen MR) is 123 cm³/mol. The predicted octanol–water partition coefficient (Wildman–Crippen LogP) is 6.91. The number of allylic oxidation sites excluding steroid dienone is 1. The van der Waals surface area contributed by atoms with Gasteiger partial charge in [0.1, 0.15) is 0 Å². The van der Waals surface area contributed by atoms with Gasteiger partial charge >= 0.3 is 0 Å². The van der Waals surface area contributed by atoms with Crippen LogP contribution in [-0.2, 0) is 4.74 Å². The summed E-state index contributed by atoms with van der Waals surface area (Å²) < 4.78 is 6.90. The zero-order chi connectivity index (χ0) is 21.5. The first-order chi connectivity index (χ1) is 13.9. The van der Waals surface area contributed by atoms with E-state index in [0.29, 0.717) is 22.3 Å². The fourth-order valence-electron chi connectivity index (χ4n) is 8.91. The van der Waals surface area contributed by atoms with Crippen LogP contribution in [0.15, 0.2) is 11.6 Å². The Balaban J connectivity index is 1.35. The minimum atomic E-state index is -0.0975. The first-order valence-corrected chi connectivity index (χ1v) is 13.0. The van der Waals surface area contributed by atoms with Gasteiger partial charge in [-0.1, -0.05) is 46.3 Å². The highest BCUT2D eigenvalue weighted by Gasteiger charge is 2.64. The molecule has 5 aliphatic rings. The largest absolute Gasteiger partial charge is 0.393 e. The van der Waals surface area contributed by atoms with E-state index in [0.717, 1.165) is 36.5 Å². The molecule has 0 aromatic heterocycles. The third kappa shape index (κ3) is 3.26. The molecule has 4 aliphatic carbocycles. The highest BCUT2D eigenvalue weighted by Crippen LogP contribution is 2.69. The summed E-state index contributed by atoms with van der Waals surface area (Å²) in [6.07, 6.45) is 15.2. The van der Waals surface area contributed by atoms with Crippen molar-refractivity contribution in [1.29, 1.82) is 0 Å². The average molecular weight is 415 g/mol. The van der Waals surface area contributed by atoms with Crippen LogP contribution in [-0.4, -0.2) is 22.9 Å². The molecule has 9 atom stereocenters. The summed E-state index contributed by atoms with van der Waals surface area (Å²) in [4.78, 5) is 0. The Labute approximate surface area is 185 Å². The van der Waals surface area contributed by atoms with Crippen LogP contribution in [0.1, 0.15) is 106 Å². The van der Waals surface area contributed by atoms with Crippen LogP contribution in [0.2, 0.25) is 0 Å². The maximum atomic E-state index is 10.2. The zero-order valence-electron chi connectivity index (χ0n) is 20.5. The van der Waals surface area contributed by atoms with Crippen LogP contribution in [0.25, 0.3) is 0 Å². The molecule has 4 fully saturated rings. The number of fused-ring (bicyclic) bond motifs is 7. The fourth-order valence-corrected chi connectivity index (χ4v) is 8.91. The van der Waals surface area contributed by atoms with Gasteiger partial charge in [0.2, 0.25) is 0 Å². The van der Waals surface area contributed by atoms with E-state index >= 15 is 0 Å². The molecule has 2 heteroatoms. The van der Waals surface area contributed by atoms with E-state index in [1.54, 1.807) is 5.57 Å². The lowest BCUT2D eigenvalue weighted by molar-refractivity contribution is -0.0639. The maximum absolute atomic E-state index is 10.2. The third-order valence-corrected chi connectivity index (χ3v) is 10.8. The highest BCUT2D eigenvalue weighted by molar-refractivity contribution is 5.26. The fraction of sp³-hybridized carbons (Fsp3) is 0.929. The number of hydrogen-bond donors (Lipinski definition) is 1. The summed E-state index contributed by atoms with van der Waals surface area (Å²) in [6.45, 7) is 14.7. The Hall–Kier alpha value is -0.340. The smallest absolute Gasteiger partial charge is 0.0662 e. The van der Waals surface area contributed by atoms with Crippen molar-refractivity contribution in [3.63, 3.8) is 0 Å². The van der Waals surface area contributed by atoms with E-state index in [2.05, 4.69) is 47.6 Å². The molecule has 0 aromatic carbocycles. The van der Waals surface area contributed by atoms with E-state index < -0.39 is 0 Å². The van der Waals surface area contributed by atoms with Crippen molar-refractivity contribution in [2.45, 2.75) is 124 Å². The first-order valence-electron chi connectivity index (χ1n) is 13.0. The van der Waals surface area contributed by atoms with Crippen LogP contribution >= 0.6 is 0 Å². The Kier molecular flexibility index (Phi) is 4.90. The van der Waals surface area contributed by atoms with Crippen LogP contribution in [0.4, 0.5) is 0 Å². The quantitative estimate of drug-likeness (QED) is 0.497. The third-order valence-electron chi connectivity index (χ3n) is 10.8. The van der Waals surface area contributed by atoms with Crippen molar-refractivity contribution in [1.82, 2.24) is 0 Å². The summed E-state index contributed by atoms with van der Waals surface area (Å²) in [6, 6.07) is 0. The van der Waals surface area contributed by atoms with Gasteiger partial charge in [-0.05, 0) is 111 Å².